The van der Waals surface area contributed by atoms with Crippen molar-refractivity contribution in [3.05, 3.63) is 29.8 Å². The molecule has 1 aliphatic rings. The summed E-state index contributed by atoms with van der Waals surface area (Å²) in [5, 5.41) is 3.29. The normalized spacial score (nSPS) is 17.9. The quantitative estimate of drug-likeness (QED) is 0.850. The van der Waals surface area contributed by atoms with E-state index in [0.717, 1.165) is 19.5 Å². The monoisotopic (exact) mass is 271 g/mol. The number of benzene rings is 1. The van der Waals surface area contributed by atoms with Gasteiger partial charge in [-0.2, -0.15) is 0 Å². The maximum atomic E-state index is 11.5. The molecule has 18 heavy (non-hydrogen) atoms. The fraction of sp³-hybridized carbons (Fsp3) is 0.462. The van der Waals surface area contributed by atoms with Crippen LogP contribution in [0.4, 0.5) is 0 Å². The predicted molar refractivity (Wildman–Crippen MR) is 71.5 cm³/mol. The first-order valence-corrected chi connectivity index (χ1v) is 5.82. The molecule has 0 amide bonds. The summed E-state index contributed by atoms with van der Waals surface area (Å²) in [4.78, 5) is 11.5. The van der Waals surface area contributed by atoms with Crippen LogP contribution < -0.4 is 10.1 Å². The fourth-order valence-corrected chi connectivity index (χ4v) is 1.94. The molecule has 1 heterocycles. The maximum absolute atomic E-state index is 11.5. The number of esters is 1. The van der Waals surface area contributed by atoms with Crippen molar-refractivity contribution in [3.63, 3.8) is 0 Å². The topological polar surface area (TPSA) is 47.6 Å². The van der Waals surface area contributed by atoms with Gasteiger partial charge in [0.05, 0.1) is 13.7 Å². The lowest BCUT2D eigenvalue weighted by atomic mass is 10.1. The second-order valence-electron chi connectivity index (χ2n) is 4.16. The minimum atomic E-state index is -0.356. The van der Waals surface area contributed by atoms with Gasteiger partial charge in [-0.25, -0.2) is 4.79 Å². The average molecular weight is 272 g/mol. The van der Waals surface area contributed by atoms with Crippen LogP contribution in [0.15, 0.2) is 24.3 Å². The van der Waals surface area contributed by atoms with E-state index in [1.807, 2.05) is 6.07 Å². The Balaban J connectivity index is 0.00000162. The van der Waals surface area contributed by atoms with Gasteiger partial charge in [0.25, 0.3) is 0 Å². The Hall–Kier alpha value is -1.26. The molecule has 1 atom stereocenters. The highest BCUT2D eigenvalue weighted by atomic mass is 35.5. The van der Waals surface area contributed by atoms with E-state index in [2.05, 4.69) is 5.32 Å². The molecule has 1 saturated heterocycles. The first-order chi connectivity index (χ1) is 8.31. The standard InChI is InChI=1S/C13H17NO3.ClH/c1-16-13(15)11-4-2-3-5-12(11)17-9-10-6-7-14-8-10;/h2-5,10,14H,6-9H2,1H3;1H. The molecular weight excluding hydrogens is 254 g/mol. The molecular formula is C13H18ClNO3. The van der Waals surface area contributed by atoms with Crippen molar-refractivity contribution in [2.75, 3.05) is 26.8 Å². The summed E-state index contributed by atoms with van der Waals surface area (Å²) in [5.41, 5.74) is 0.487. The summed E-state index contributed by atoms with van der Waals surface area (Å²) in [5.74, 6) is 0.775. The Morgan fingerprint density at radius 3 is 2.89 bits per heavy atom. The van der Waals surface area contributed by atoms with Gasteiger partial charge >= 0.3 is 5.97 Å². The predicted octanol–water partition coefficient (Wildman–Crippen LogP) is 1.88. The molecule has 0 aromatic heterocycles. The van der Waals surface area contributed by atoms with Crippen molar-refractivity contribution in [3.8, 4) is 5.75 Å². The summed E-state index contributed by atoms with van der Waals surface area (Å²) in [6, 6.07) is 7.17. The lowest BCUT2D eigenvalue weighted by Crippen LogP contribution is -2.16. The number of rotatable bonds is 4. The van der Waals surface area contributed by atoms with Crippen molar-refractivity contribution >= 4 is 18.4 Å². The third-order valence-electron chi connectivity index (χ3n) is 2.93. The molecule has 1 N–H and O–H groups in total. The summed E-state index contributed by atoms with van der Waals surface area (Å²) < 4.78 is 10.4. The number of hydrogen-bond acceptors (Lipinski definition) is 4. The van der Waals surface area contributed by atoms with Crippen LogP contribution in [-0.2, 0) is 4.74 Å². The van der Waals surface area contributed by atoms with Crippen molar-refractivity contribution in [2.24, 2.45) is 5.92 Å². The second-order valence-corrected chi connectivity index (χ2v) is 4.16. The Morgan fingerprint density at radius 1 is 1.44 bits per heavy atom. The highest BCUT2D eigenvalue weighted by molar-refractivity contribution is 5.92. The van der Waals surface area contributed by atoms with E-state index < -0.39 is 0 Å². The van der Waals surface area contributed by atoms with Crippen molar-refractivity contribution in [2.45, 2.75) is 6.42 Å². The number of carbonyl (C=O) groups excluding carboxylic acids is 1. The number of hydrogen-bond donors (Lipinski definition) is 1. The van der Waals surface area contributed by atoms with E-state index in [1.165, 1.54) is 7.11 Å². The molecule has 2 rings (SSSR count). The van der Waals surface area contributed by atoms with Gasteiger partial charge in [0.15, 0.2) is 0 Å². The molecule has 1 aromatic carbocycles. The molecule has 100 valence electrons. The van der Waals surface area contributed by atoms with Gasteiger partial charge in [0, 0.05) is 12.5 Å². The molecule has 0 saturated carbocycles. The van der Waals surface area contributed by atoms with Crippen LogP contribution in [-0.4, -0.2) is 32.8 Å². The van der Waals surface area contributed by atoms with Crippen LogP contribution in [0.25, 0.3) is 0 Å². The lowest BCUT2D eigenvalue weighted by molar-refractivity contribution is 0.0595. The first kappa shape index (κ1) is 14.8. The Bertz CT molecular complexity index is 392. The minimum absolute atomic E-state index is 0. The van der Waals surface area contributed by atoms with Crippen LogP contribution in [0.3, 0.4) is 0 Å². The largest absolute Gasteiger partial charge is 0.492 e. The molecule has 1 aromatic rings. The van der Waals surface area contributed by atoms with Crippen LogP contribution in [0.2, 0.25) is 0 Å². The Morgan fingerprint density at radius 2 is 2.22 bits per heavy atom. The molecule has 0 bridgehead atoms. The van der Waals surface area contributed by atoms with Crippen LogP contribution in [0.1, 0.15) is 16.8 Å². The number of halogens is 1. The third-order valence-corrected chi connectivity index (χ3v) is 2.93. The molecule has 0 aliphatic carbocycles. The number of carbonyl (C=O) groups is 1. The van der Waals surface area contributed by atoms with Gasteiger partial charge < -0.3 is 14.8 Å². The number of ether oxygens (including phenoxy) is 2. The Labute approximate surface area is 113 Å². The number of nitrogens with one attached hydrogen (secondary N) is 1. The molecule has 0 spiro atoms. The zero-order valence-corrected chi connectivity index (χ0v) is 11.2. The lowest BCUT2D eigenvalue weighted by Gasteiger charge is -2.13. The zero-order chi connectivity index (χ0) is 12.1. The van der Waals surface area contributed by atoms with Crippen molar-refractivity contribution in [1.29, 1.82) is 0 Å². The molecule has 1 unspecified atom stereocenters. The van der Waals surface area contributed by atoms with Gasteiger partial charge in [0.2, 0.25) is 0 Å². The fourth-order valence-electron chi connectivity index (χ4n) is 1.94. The molecule has 0 radical (unpaired) electrons. The molecule has 1 fully saturated rings. The smallest absolute Gasteiger partial charge is 0.341 e. The maximum Gasteiger partial charge on any atom is 0.341 e. The second kappa shape index (κ2) is 7.24. The minimum Gasteiger partial charge on any atom is -0.492 e. The summed E-state index contributed by atoms with van der Waals surface area (Å²) in [7, 11) is 1.38. The summed E-state index contributed by atoms with van der Waals surface area (Å²) >= 11 is 0. The number of para-hydroxylation sites is 1. The van der Waals surface area contributed by atoms with E-state index in [1.54, 1.807) is 18.2 Å². The van der Waals surface area contributed by atoms with E-state index >= 15 is 0 Å². The van der Waals surface area contributed by atoms with Gasteiger partial charge in [0.1, 0.15) is 11.3 Å². The highest BCUT2D eigenvalue weighted by Gasteiger charge is 2.17. The van der Waals surface area contributed by atoms with Crippen molar-refractivity contribution < 1.29 is 14.3 Å². The van der Waals surface area contributed by atoms with E-state index in [4.69, 9.17) is 9.47 Å². The van der Waals surface area contributed by atoms with E-state index in [9.17, 15) is 4.79 Å². The Kier molecular flexibility index (Phi) is 5.95. The zero-order valence-electron chi connectivity index (χ0n) is 10.3. The third kappa shape index (κ3) is 3.62. The van der Waals surface area contributed by atoms with E-state index in [-0.39, 0.29) is 18.4 Å². The molecule has 4 nitrogen and oxygen atoms in total. The molecule has 1 aliphatic heterocycles. The van der Waals surface area contributed by atoms with Crippen molar-refractivity contribution in [1.82, 2.24) is 5.32 Å². The van der Waals surface area contributed by atoms with Crippen LogP contribution in [0.5, 0.6) is 5.75 Å². The SMILES string of the molecule is COC(=O)c1ccccc1OCC1CCNC1.Cl. The van der Waals surface area contributed by atoms with Gasteiger partial charge in [-0.05, 0) is 25.1 Å². The van der Waals surface area contributed by atoms with Crippen LogP contribution >= 0.6 is 12.4 Å². The van der Waals surface area contributed by atoms with Gasteiger partial charge in [-0.15, -0.1) is 12.4 Å². The average Bonchev–Trinajstić information content (AvgIpc) is 2.89. The van der Waals surface area contributed by atoms with E-state index in [0.29, 0.717) is 23.8 Å². The van der Waals surface area contributed by atoms with Gasteiger partial charge in [-0.1, -0.05) is 12.1 Å². The number of methoxy groups -OCH3 is 1. The van der Waals surface area contributed by atoms with Gasteiger partial charge in [-0.3, -0.25) is 0 Å². The first-order valence-electron chi connectivity index (χ1n) is 5.82. The summed E-state index contributed by atoms with van der Waals surface area (Å²) in [6.07, 6.45) is 1.13. The molecule has 5 heteroatoms. The van der Waals surface area contributed by atoms with Crippen LogP contribution in [0, 0.1) is 5.92 Å². The highest BCUT2D eigenvalue weighted by Crippen LogP contribution is 2.20. The summed E-state index contributed by atoms with van der Waals surface area (Å²) in [6.45, 7) is 2.67.